The molecule has 3 rings (SSSR count). The van der Waals surface area contributed by atoms with Crippen molar-refractivity contribution in [2.45, 2.75) is 33.4 Å². The SMILES string of the molecule is Cc1cnn(CCC(=O)Nc2cnn(Cc3ccccc3C)c2)c1. The average Bonchev–Trinajstić information content (AvgIpc) is 3.17. The van der Waals surface area contributed by atoms with E-state index >= 15 is 0 Å². The third-order valence-corrected chi connectivity index (χ3v) is 3.84. The lowest BCUT2D eigenvalue weighted by Gasteiger charge is -2.05. The monoisotopic (exact) mass is 323 g/mol. The summed E-state index contributed by atoms with van der Waals surface area (Å²) >= 11 is 0. The third kappa shape index (κ3) is 4.10. The highest BCUT2D eigenvalue weighted by atomic mass is 16.1. The molecule has 1 aromatic carbocycles. The Morgan fingerprint density at radius 3 is 2.62 bits per heavy atom. The number of hydrogen-bond donors (Lipinski definition) is 1. The highest BCUT2D eigenvalue weighted by Gasteiger charge is 2.06. The zero-order chi connectivity index (χ0) is 16.9. The zero-order valence-corrected chi connectivity index (χ0v) is 13.9. The molecule has 0 aliphatic carbocycles. The number of benzene rings is 1. The van der Waals surface area contributed by atoms with Gasteiger partial charge in [0.15, 0.2) is 0 Å². The molecule has 0 saturated carbocycles. The first-order valence-electron chi connectivity index (χ1n) is 7.96. The van der Waals surface area contributed by atoms with Crippen LogP contribution in [0.3, 0.4) is 0 Å². The predicted molar refractivity (Wildman–Crippen MR) is 92.7 cm³/mol. The van der Waals surface area contributed by atoms with Crippen LogP contribution in [-0.2, 0) is 17.9 Å². The molecule has 0 spiro atoms. The number of aryl methyl sites for hydroxylation is 3. The van der Waals surface area contributed by atoms with Gasteiger partial charge in [-0.2, -0.15) is 10.2 Å². The van der Waals surface area contributed by atoms with Crippen LogP contribution in [0.5, 0.6) is 0 Å². The molecule has 0 unspecified atom stereocenters. The number of amides is 1. The van der Waals surface area contributed by atoms with Gasteiger partial charge in [0, 0.05) is 25.4 Å². The predicted octanol–water partition coefficient (Wildman–Crippen LogP) is 2.77. The van der Waals surface area contributed by atoms with E-state index in [1.165, 1.54) is 11.1 Å². The second-order valence-electron chi connectivity index (χ2n) is 5.93. The van der Waals surface area contributed by atoms with Crippen LogP contribution in [0.25, 0.3) is 0 Å². The number of hydrogen-bond acceptors (Lipinski definition) is 3. The fourth-order valence-electron chi connectivity index (χ4n) is 2.51. The summed E-state index contributed by atoms with van der Waals surface area (Å²) in [4.78, 5) is 12.0. The van der Waals surface area contributed by atoms with E-state index in [0.29, 0.717) is 25.2 Å². The maximum atomic E-state index is 12.0. The molecule has 6 heteroatoms. The Morgan fingerprint density at radius 2 is 1.88 bits per heavy atom. The van der Waals surface area contributed by atoms with E-state index in [0.717, 1.165) is 5.56 Å². The van der Waals surface area contributed by atoms with Crippen LogP contribution in [0.15, 0.2) is 49.1 Å². The molecule has 0 aliphatic heterocycles. The van der Waals surface area contributed by atoms with E-state index < -0.39 is 0 Å². The summed E-state index contributed by atoms with van der Waals surface area (Å²) < 4.78 is 3.60. The van der Waals surface area contributed by atoms with E-state index in [4.69, 9.17) is 0 Å². The first kappa shape index (κ1) is 16.0. The number of nitrogens with one attached hydrogen (secondary N) is 1. The topological polar surface area (TPSA) is 64.7 Å². The fourth-order valence-corrected chi connectivity index (χ4v) is 2.51. The summed E-state index contributed by atoms with van der Waals surface area (Å²) in [6.45, 7) is 5.32. The van der Waals surface area contributed by atoms with Crippen molar-refractivity contribution in [2.24, 2.45) is 0 Å². The Kier molecular flexibility index (Phi) is 4.74. The zero-order valence-electron chi connectivity index (χ0n) is 13.9. The first-order chi connectivity index (χ1) is 11.6. The van der Waals surface area contributed by atoms with Crippen LogP contribution >= 0.6 is 0 Å². The van der Waals surface area contributed by atoms with E-state index in [9.17, 15) is 4.79 Å². The molecule has 1 amide bonds. The second kappa shape index (κ2) is 7.12. The number of nitrogens with zero attached hydrogens (tertiary/aromatic N) is 4. The second-order valence-corrected chi connectivity index (χ2v) is 5.93. The van der Waals surface area contributed by atoms with Crippen molar-refractivity contribution in [1.29, 1.82) is 0 Å². The Balaban J connectivity index is 1.53. The largest absolute Gasteiger partial charge is 0.323 e. The van der Waals surface area contributed by atoms with E-state index in [2.05, 4.69) is 34.6 Å². The summed E-state index contributed by atoms with van der Waals surface area (Å²) in [7, 11) is 0. The summed E-state index contributed by atoms with van der Waals surface area (Å²) in [6.07, 6.45) is 7.61. The molecule has 3 aromatic rings. The van der Waals surface area contributed by atoms with Crippen molar-refractivity contribution in [3.63, 3.8) is 0 Å². The number of rotatable bonds is 6. The quantitative estimate of drug-likeness (QED) is 0.758. The average molecular weight is 323 g/mol. The summed E-state index contributed by atoms with van der Waals surface area (Å²) in [5.74, 6) is -0.0430. The van der Waals surface area contributed by atoms with Crippen LogP contribution in [0.2, 0.25) is 0 Å². The smallest absolute Gasteiger partial charge is 0.226 e. The van der Waals surface area contributed by atoms with Gasteiger partial charge in [-0.25, -0.2) is 0 Å². The molecule has 0 bridgehead atoms. The lowest BCUT2D eigenvalue weighted by atomic mass is 10.1. The summed E-state index contributed by atoms with van der Waals surface area (Å²) in [5, 5.41) is 11.4. The Labute approximate surface area is 141 Å². The fraction of sp³-hybridized carbons (Fsp3) is 0.278. The van der Waals surface area contributed by atoms with Crippen LogP contribution in [-0.4, -0.2) is 25.5 Å². The van der Waals surface area contributed by atoms with Crippen molar-refractivity contribution in [2.75, 3.05) is 5.32 Å². The molecule has 0 fully saturated rings. The van der Waals surface area contributed by atoms with Crippen LogP contribution in [0, 0.1) is 13.8 Å². The highest BCUT2D eigenvalue weighted by molar-refractivity contribution is 5.90. The minimum absolute atomic E-state index is 0.0430. The molecule has 0 radical (unpaired) electrons. The third-order valence-electron chi connectivity index (χ3n) is 3.84. The molecule has 0 saturated heterocycles. The van der Waals surface area contributed by atoms with Crippen molar-refractivity contribution in [3.8, 4) is 0 Å². The Hall–Kier alpha value is -2.89. The van der Waals surface area contributed by atoms with Gasteiger partial charge < -0.3 is 5.32 Å². The van der Waals surface area contributed by atoms with Crippen molar-refractivity contribution in [3.05, 3.63) is 65.7 Å². The van der Waals surface area contributed by atoms with Crippen molar-refractivity contribution in [1.82, 2.24) is 19.6 Å². The Morgan fingerprint density at radius 1 is 1.08 bits per heavy atom. The van der Waals surface area contributed by atoms with Gasteiger partial charge in [-0.15, -0.1) is 0 Å². The molecule has 0 atom stereocenters. The standard InChI is InChI=1S/C18H21N5O/c1-14-9-19-22(11-14)8-7-18(24)21-17-10-20-23(13-17)12-16-6-4-3-5-15(16)2/h3-6,9-11,13H,7-8,12H2,1-2H3,(H,21,24). The normalized spacial score (nSPS) is 10.8. The van der Waals surface area contributed by atoms with Crippen molar-refractivity contribution >= 4 is 11.6 Å². The maximum absolute atomic E-state index is 12.0. The molecule has 2 heterocycles. The molecule has 2 aromatic heterocycles. The van der Waals surface area contributed by atoms with Gasteiger partial charge in [0.1, 0.15) is 0 Å². The van der Waals surface area contributed by atoms with Crippen molar-refractivity contribution < 1.29 is 4.79 Å². The van der Waals surface area contributed by atoms with Crippen LogP contribution in [0.1, 0.15) is 23.1 Å². The van der Waals surface area contributed by atoms with Crippen LogP contribution in [0.4, 0.5) is 5.69 Å². The number of aromatic nitrogens is 4. The molecular weight excluding hydrogens is 302 g/mol. The van der Waals surface area contributed by atoms with Gasteiger partial charge in [0.05, 0.1) is 24.6 Å². The minimum atomic E-state index is -0.0430. The van der Waals surface area contributed by atoms with E-state index in [1.54, 1.807) is 17.1 Å². The van der Waals surface area contributed by atoms with Crippen LogP contribution < -0.4 is 5.32 Å². The van der Waals surface area contributed by atoms with Gasteiger partial charge in [-0.05, 0) is 30.5 Å². The van der Waals surface area contributed by atoms with Gasteiger partial charge >= 0.3 is 0 Å². The van der Waals surface area contributed by atoms with Gasteiger partial charge in [0.2, 0.25) is 5.91 Å². The summed E-state index contributed by atoms with van der Waals surface area (Å²) in [6, 6.07) is 8.21. The summed E-state index contributed by atoms with van der Waals surface area (Å²) in [5.41, 5.74) is 4.25. The lowest BCUT2D eigenvalue weighted by Crippen LogP contribution is -2.14. The number of carbonyl (C=O) groups excluding carboxylic acids is 1. The number of carbonyl (C=O) groups is 1. The van der Waals surface area contributed by atoms with E-state index in [1.807, 2.05) is 36.1 Å². The molecule has 24 heavy (non-hydrogen) atoms. The maximum Gasteiger partial charge on any atom is 0.226 e. The molecule has 124 valence electrons. The van der Waals surface area contributed by atoms with Gasteiger partial charge in [0.25, 0.3) is 0 Å². The molecular formula is C18H21N5O. The minimum Gasteiger partial charge on any atom is -0.323 e. The first-order valence-corrected chi connectivity index (χ1v) is 7.96. The lowest BCUT2D eigenvalue weighted by molar-refractivity contribution is -0.116. The highest BCUT2D eigenvalue weighted by Crippen LogP contribution is 2.11. The van der Waals surface area contributed by atoms with Gasteiger partial charge in [-0.3, -0.25) is 14.2 Å². The molecule has 6 nitrogen and oxygen atoms in total. The van der Waals surface area contributed by atoms with E-state index in [-0.39, 0.29) is 5.91 Å². The molecule has 0 aliphatic rings. The van der Waals surface area contributed by atoms with Gasteiger partial charge in [-0.1, -0.05) is 24.3 Å². The molecule has 1 N–H and O–H groups in total. The Bertz CT molecular complexity index is 833. The number of anilines is 1.